The number of aromatic nitrogens is 2. The fourth-order valence-electron chi connectivity index (χ4n) is 2.79. The molecule has 1 atom stereocenters. The van der Waals surface area contributed by atoms with Crippen LogP contribution < -0.4 is 10.6 Å². The highest BCUT2D eigenvalue weighted by atomic mass is 32.2. The lowest BCUT2D eigenvalue weighted by Crippen LogP contribution is -2.35. The summed E-state index contributed by atoms with van der Waals surface area (Å²) >= 11 is 1.40. The number of hydrogen-bond acceptors (Lipinski definition) is 5. The van der Waals surface area contributed by atoms with Crippen LogP contribution in [0.3, 0.4) is 0 Å². The van der Waals surface area contributed by atoms with Crippen LogP contribution in [0.25, 0.3) is 10.9 Å². The maximum atomic E-state index is 12.1. The van der Waals surface area contributed by atoms with Crippen molar-refractivity contribution in [2.45, 2.75) is 49.8 Å². The molecule has 2 saturated carbocycles. The van der Waals surface area contributed by atoms with Crippen molar-refractivity contribution in [3.63, 3.8) is 0 Å². The number of benzene rings is 1. The molecule has 126 valence electrons. The highest BCUT2D eigenvalue weighted by molar-refractivity contribution is 7.99. The van der Waals surface area contributed by atoms with Gasteiger partial charge in [0.05, 0.1) is 11.3 Å². The highest BCUT2D eigenvalue weighted by Gasteiger charge is 2.29. The van der Waals surface area contributed by atoms with Gasteiger partial charge in [0.15, 0.2) is 5.16 Å². The second kappa shape index (κ2) is 6.59. The average Bonchev–Trinajstić information content (AvgIpc) is 3.46. The number of anilines is 1. The Bertz CT molecular complexity index is 758. The molecule has 2 fully saturated rings. The zero-order valence-corrected chi connectivity index (χ0v) is 14.6. The van der Waals surface area contributed by atoms with Crippen molar-refractivity contribution < 1.29 is 4.79 Å². The molecule has 0 spiro atoms. The Balaban J connectivity index is 1.45. The molecule has 24 heavy (non-hydrogen) atoms. The normalized spacial score (nSPS) is 18.4. The molecule has 1 heterocycles. The van der Waals surface area contributed by atoms with Crippen molar-refractivity contribution in [2.75, 3.05) is 11.1 Å². The summed E-state index contributed by atoms with van der Waals surface area (Å²) in [7, 11) is 0. The van der Waals surface area contributed by atoms with Crippen LogP contribution in [-0.4, -0.2) is 33.7 Å². The van der Waals surface area contributed by atoms with Crippen LogP contribution in [0.1, 0.15) is 32.6 Å². The zero-order valence-electron chi connectivity index (χ0n) is 13.8. The van der Waals surface area contributed by atoms with Gasteiger partial charge in [-0.3, -0.25) is 4.79 Å². The summed E-state index contributed by atoms with van der Waals surface area (Å²) in [6.07, 6.45) is 4.86. The molecule has 0 unspecified atom stereocenters. The maximum Gasteiger partial charge on any atom is 0.230 e. The molecule has 0 saturated heterocycles. The van der Waals surface area contributed by atoms with Crippen LogP contribution in [-0.2, 0) is 4.79 Å². The van der Waals surface area contributed by atoms with Gasteiger partial charge >= 0.3 is 0 Å². The van der Waals surface area contributed by atoms with E-state index in [9.17, 15) is 4.79 Å². The summed E-state index contributed by atoms with van der Waals surface area (Å²) in [6, 6.07) is 8.83. The third-order valence-electron chi connectivity index (χ3n) is 4.55. The Kier molecular flexibility index (Phi) is 4.31. The zero-order chi connectivity index (χ0) is 16.5. The summed E-state index contributed by atoms with van der Waals surface area (Å²) in [6.45, 7) is 2.09. The number of para-hydroxylation sites is 1. The second-order valence-corrected chi connectivity index (χ2v) is 7.72. The molecular formula is C18H22N4OS. The Morgan fingerprint density at radius 1 is 1.25 bits per heavy atom. The van der Waals surface area contributed by atoms with Crippen molar-refractivity contribution >= 4 is 34.4 Å². The summed E-state index contributed by atoms with van der Waals surface area (Å²) in [5.74, 6) is 1.98. The first-order chi connectivity index (χ1) is 11.7. The van der Waals surface area contributed by atoms with Crippen LogP contribution >= 0.6 is 11.8 Å². The van der Waals surface area contributed by atoms with Crippen molar-refractivity contribution in [1.82, 2.24) is 15.3 Å². The van der Waals surface area contributed by atoms with Gasteiger partial charge < -0.3 is 10.6 Å². The standard InChI is InChI=1S/C18H22N4OS/c1-11(12-6-7-12)19-16(23)10-24-18-21-15-5-3-2-4-14(15)17(22-18)20-13-8-9-13/h2-5,11-13H,6-10H2,1H3,(H,19,23)(H,20,21,22)/t11-/m0/s1. The number of carbonyl (C=O) groups excluding carboxylic acids is 1. The maximum absolute atomic E-state index is 12.1. The molecule has 2 aromatic rings. The number of rotatable bonds is 7. The second-order valence-electron chi connectivity index (χ2n) is 6.77. The van der Waals surface area contributed by atoms with Crippen LogP contribution in [0, 0.1) is 5.92 Å². The number of thioether (sulfide) groups is 1. The summed E-state index contributed by atoms with van der Waals surface area (Å²) in [5.41, 5.74) is 0.921. The molecule has 4 rings (SSSR count). The first kappa shape index (κ1) is 15.7. The van der Waals surface area contributed by atoms with Gasteiger partial charge in [-0.05, 0) is 50.7 Å². The number of carbonyl (C=O) groups is 1. The monoisotopic (exact) mass is 342 g/mol. The number of hydrogen-bond donors (Lipinski definition) is 2. The lowest BCUT2D eigenvalue weighted by molar-refractivity contribution is -0.119. The Morgan fingerprint density at radius 2 is 2.04 bits per heavy atom. The van der Waals surface area contributed by atoms with Gasteiger partial charge in [-0.25, -0.2) is 9.97 Å². The van der Waals surface area contributed by atoms with Crippen molar-refractivity contribution in [3.8, 4) is 0 Å². The summed E-state index contributed by atoms with van der Waals surface area (Å²) in [5, 5.41) is 8.25. The van der Waals surface area contributed by atoms with Gasteiger partial charge in [-0.2, -0.15) is 0 Å². The fourth-order valence-corrected chi connectivity index (χ4v) is 3.45. The largest absolute Gasteiger partial charge is 0.367 e. The Morgan fingerprint density at radius 3 is 2.79 bits per heavy atom. The lowest BCUT2D eigenvalue weighted by Gasteiger charge is -2.13. The van der Waals surface area contributed by atoms with Crippen LogP contribution in [0.2, 0.25) is 0 Å². The third-order valence-corrected chi connectivity index (χ3v) is 5.40. The Labute approximate surface area is 146 Å². The van der Waals surface area contributed by atoms with E-state index in [0.717, 1.165) is 16.7 Å². The van der Waals surface area contributed by atoms with E-state index in [2.05, 4.69) is 27.5 Å². The van der Waals surface area contributed by atoms with E-state index in [0.29, 0.717) is 22.9 Å². The van der Waals surface area contributed by atoms with Gasteiger partial charge in [0, 0.05) is 17.5 Å². The van der Waals surface area contributed by atoms with E-state index in [1.807, 2.05) is 24.3 Å². The molecule has 5 nitrogen and oxygen atoms in total. The van der Waals surface area contributed by atoms with Gasteiger partial charge in [-0.1, -0.05) is 23.9 Å². The van der Waals surface area contributed by atoms with Crippen LogP contribution in [0.15, 0.2) is 29.4 Å². The van der Waals surface area contributed by atoms with Crippen molar-refractivity contribution in [3.05, 3.63) is 24.3 Å². The van der Waals surface area contributed by atoms with E-state index >= 15 is 0 Å². The molecular weight excluding hydrogens is 320 g/mol. The molecule has 2 N–H and O–H groups in total. The van der Waals surface area contributed by atoms with Gasteiger partial charge in [-0.15, -0.1) is 0 Å². The molecule has 0 aliphatic heterocycles. The van der Waals surface area contributed by atoms with E-state index in [4.69, 9.17) is 0 Å². The highest BCUT2D eigenvalue weighted by Crippen LogP contribution is 2.32. The van der Waals surface area contributed by atoms with E-state index in [-0.39, 0.29) is 11.9 Å². The molecule has 0 radical (unpaired) electrons. The van der Waals surface area contributed by atoms with Crippen LogP contribution in [0.4, 0.5) is 5.82 Å². The smallest absolute Gasteiger partial charge is 0.230 e. The van der Waals surface area contributed by atoms with Crippen LogP contribution in [0.5, 0.6) is 0 Å². The SMILES string of the molecule is C[C@H](NC(=O)CSc1nc(NC2CC2)c2ccccc2n1)C1CC1. The first-order valence-electron chi connectivity index (χ1n) is 8.64. The average molecular weight is 342 g/mol. The lowest BCUT2D eigenvalue weighted by atomic mass is 10.2. The first-order valence-corrected chi connectivity index (χ1v) is 9.63. The van der Waals surface area contributed by atoms with Gasteiger partial charge in [0.25, 0.3) is 0 Å². The van der Waals surface area contributed by atoms with E-state index in [1.54, 1.807) is 0 Å². The summed E-state index contributed by atoms with van der Waals surface area (Å²) < 4.78 is 0. The third kappa shape index (κ3) is 3.80. The minimum atomic E-state index is 0.0628. The Hall–Kier alpha value is -1.82. The fraction of sp³-hybridized carbons (Fsp3) is 0.500. The van der Waals surface area contributed by atoms with Gasteiger partial charge in [0.2, 0.25) is 5.91 Å². The molecule has 2 aliphatic carbocycles. The number of fused-ring (bicyclic) bond motifs is 1. The predicted octanol–water partition coefficient (Wildman–Crippen LogP) is 3.21. The van der Waals surface area contributed by atoms with Gasteiger partial charge in [0.1, 0.15) is 5.82 Å². The minimum Gasteiger partial charge on any atom is -0.367 e. The molecule has 1 aromatic heterocycles. The number of nitrogens with zero attached hydrogens (tertiary/aromatic N) is 2. The van der Waals surface area contributed by atoms with Crippen molar-refractivity contribution in [1.29, 1.82) is 0 Å². The topological polar surface area (TPSA) is 66.9 Å². The van der Waals surface area contributed by atoms with E-state index < -0.39 is 0 Å². The molecule has 1 aromatic carbocycles. The molecule has 2 aliphatic rings. The predicted molar refractivity (Wildman–Crippen MR) is 97.2 cm³/mol. The number of nitrogens with one attached hydrogen (secondary N) is 2. The van der Waals surface area contributed by atoms with Crippen molar-refractivity contribution in [2.24, 2.45) is 5.92 Å². The molecule has 6 heteroatoms. The minimum absolute atomic E-state index is 0.0628. The molecule has 1 amide bonds. The number of amides is 1. The summed E-state index contributed by atoms with van der Waals surface area (Å²) in [4.78, 5) is 21.3. The molecule has 0 bridgehead atoms. The quantitative estimate of drug-likeness (QED) is 0.597. The van der Waals surface area contributed by atoms with E-state index in [1.165, 1.54) is 37.4 Å².